The number of nitrogens with zero attached hydrogens (tertiary/aromatic N) is 3. The summed E-state index contributed by atoms with van der Waals surface area (Å²) in [6.07, 6.45) is 1.64. The van der Waals surface area contributed by atoms with E-state index in [-0.39, 0.29) is 5.76 Å². The maximum atomic E-state index is 11.2. The Bertz CT molecular complexity index is 532. The Morgan fingerprint density at radius 3 is 3.00 bits per heavy atom. The van der Waals surface area contributed by atoms with E-state index in [1.165, 1.54) is 7.11 Å². The number of carbonyl (C=O) groups is 1. The predicted molar refractivity (Wildman–Crippen MR) is 61.6 cm³/mol. The number of carbonyl (C=O) groups excluding carboxylic acids is 1. The number of furan rings is 1. The molecule has 2 aromatic rings. The first-order valence-electron chi connectivity index (χ1n) is 5.41. The fourth-order valence-corrected chi connectivity index (χ4v) is 1.45. The third-order valence-corrected chi connectivity index (χ3v) is 2.28. The largest absolute Gasteiger partial charge is 0.463 e. The summed E-state index contributed by atoms with van der Waals surface area (Å²) in [7, 11) is 3.13. The van der Waals surface area contributed by atoms with Crippen LogP contribution in [0.25, 0.3) is 0 Å². The van der Waals surface area contributed by atoms with Gasteiger partial charge in [-0.1, -0.05) is 0 Å². The van der Waals surface area contributed by atoms with E-state index < -0.39 is 5.97 Å². The van der Waals surface area contributed by atoms with E-state index in [1.807, 2.05) is 7.05 Å². The highest BCUT2D eigenvalue weighted by atomic mass is 16.5. The second-order valence-electron chi connectivity index (χ2n) is 3.70. The highest BCUT2D eigenvalue weighted by molar-refractivity contribution is 5.86. The SMILES string of the molecule is COC(=O)c1ccc(CNCc2ncn(C)n2)o1. The van der Waals surface area contributed by atoms with Crippen LogP contribution in [0, 0.1) is 0 Å². The van der Waals surface area contributed by atoms with Gasteiger partial charge in [0.15, 0.2) is 5.82 Å². The maximum Gasteiger partial charge on any atom is 0.373 e. The third kappa shape index (κ3) is 2.95. The zero-order chi connectivity index (χ0) is 13.0. The van der Waals surface area contributed by atoms with Crippen LogP contribution >= 0.6 is 0 Å². The fraction of sp³-hybridized carbons (Fsp3) is 0.364. The van der Waals surface area contributed by atoms with Crippen molar-refractivity contribution in [3.05, 3.63) is 35.8 Å². The molecule has 2 heterocycles. The Morgan fingerprint density at radius 2 is 2.33 bits per heavy atom. The summed E-state index contributed by atoms with van der Waals surface area (Å²) in [5, 5.41) is 7.24. The van der Waals surface area contributed by atoms with Gasteiger partial charge in [-0.15, -0.1) is 0 Å². The van der Waals surface area contributed by atoms with Crippen molar-refractivity contribution >= 4 is 5.97 Å². The Hall–Kier alpha value is -2.15. The Balaban J connectivity index is 1.83. The molecule has 0 unspecified atom stereocenters. The van der Waals surface area contributed by atoms with Gasteiger partial charge in [-0.05, 0) is 12.1 Å². The van der Waals surface area contributed by atoms with Crippen LogP contribution in [-0.2, 0) is 24.9 Å². The number of esters is 1. The topological polar surface area (TPSA) is 82.2 Å². The van der Waals surface area contributed by atoms with E-state index in [4.69, 9.17) is 4.42 Å². The molecular formula is C11H14N4O3. The molecule has 7 heteroatoms. The smallest absolute Gasteiger partial charge is 0.373 e. The maximum absolute atomic E-state index is 11.2. The van der Waals surface area contributed by atoms with Crippen LogP contribution in [0.3, 0.4) is 0 Å². The fourth-order valence-electron chi connectivity index (χ4n) is 1.45. The van der Waals surface area contributed by atoms with Crippen LogP contribution in [0.15, 0.2) is 22.9 Å². The number of aryl methyl sites for hydroxylation is 1. The molecule has 2 rings (SSSR count). The molecule has 7 nitrogen and oxygen atoms in total. The van der Waals surface area contributed by atoms with Gasteiger partial charge in [0.1, 0.15) is 12.1 Å². The number of nitrogens with one attached hydrogen (secondary N) is 1. The van der Waals surface area contributed by atoms with Gasteiger partial charge in [0, 0.05) is 7.05 Å². The van der Waals surface area contributed by atoms with E-state index >= 15 is 0 Å². The summed E-state index contributed by atoms with van der Waals surface area (Å²) in [4.78, 5) is 15.2. The molecule has 1 N–H and O–H groups in total. The summed E-state index contributed by atoms with van der Waals surface area (Å²) in [5.74, 6) is 1.08. The lowest BCUT2D eigenvalue weighted by Crippen LogP contribution is -2.13. The van der Waals surface area contributed by atoms with Crippen LogP contribution in [0.5, 0.6) is 0 Å². The van der Waals surface area contributed by atoms with Crippen molar-refractivity contribution in [3.8, 4) is 0 Å². The highest BCUT2D eigenvalue weighted by Gasteiger charge is 2.10. The average molecular weight is 250 g/mol. The van der Waals surface area contributed by atoms with Crippen LogP contribution in [-0.4, -0.2) is 27.8 Å². The lowest BCUT2D eigenvalue weighted by molar-refractivity contribution is 0.0563. The second-order valence-corrected chi connectivity index (χ2v) is 3.70. The van der Waals surface area contributed by atoms with Gasteiger partial charge in [0.2, 0.25) is 5.76 Å². The molecule has 0 bridgehead atoms. The summed E-state index contributed by atoms with van der Waals surface area (Å²) < 4.78 is 11.5. The zero-order valence-electron chi connectivity index (χ0n) is 10.2. The van der Waals surface area contributed by atoms with Gasteiger partial charge in [-0.25, -0.2) is 9.78 Å². The quantitative estimate of drug-likeness (QED) is 0.777. The molecule has 0 aliphatic carbocycles. The average Bonchev–Trinajstić information content (AvgIpc) is 2.98. The number of rotatable bonds is 5. The zero-order valence-corrected chi connectivity index (χ0v) is 10.2. The molecule has 18 heavy (non-hydrogen) atoms. The first-order valence-corrected chi connectivity index (χ1v) is 5.41. The van der Waals surface area contributed by atoms with Crippen molar-refractivity contribution in [1.82, 2.24) is 20.1 Å². The van der Waals surface area contributed by atoms with E-state index in [0.717, 1.165) is 0 Å². The highest BCUT2D eigenvalue weighted by Crippen LogP contribution is 2.08. The number of hydrogen-bond acceptors (Lipinski definition) is 6. The van der Waals surface area contributed by atoms with Crippen molar-refractivity contribution < 1.29 is 13.9 Å². The van der Waals surface area contributed by atoms with E-state index in [0.29, 0.717) is 24.7 Å². The Kier molecular flexibility index (Phi) is 3.73. The first-order chi connectivity index (χ1) is 8.69. The summed E-state index contributed by atoms with van der Waals surface area (Å²) in [5.41, 5.74) is 0. The van der Waals surface area contributed by atoms with Gasteiger partial charge in [-0.2, -0.15) is 5.10 Å². The van der Waals surface area contributed by atoms with Gasteiger partial charge < -0.3 is 14.5 Å². The Labute approximate surface area is 104 Å². The van der Waals surface area contributed by atoms with Crippen LogP contribution in [0.1, 0.15) is 22.1 Å². The molecule has 0 amide bonds. The van der Waals surface area contributed by atoms with E-state index in [1.54, 1.807) is 23.1 Å². The number of aromatic nitrogens is 3. The monoisotopic (exact) mass is 250 g/mol. The van der Waals surface area contributed by atoms with Crippen molar-refractivity contribution in [2.45, 2.75) is 13.1 Å². The van der Waals surface area contributed by atoms with Crippen LogP contribution < -0.4 is 5.32 Å². The van der Waals surface area contributed by atoms with E-state index in [2.05, 4.69) is 20.1 Å². The lowest BCUT2D eigenvalue weighted by Gasteiger charge is -1.98. The molecular weight excluding hydrogens is 236 g/mol. The molecule has 0 aliphatic rings. The molecule has 0 radical (unpaired) electrons. The molecule has 96 valence electrons. The molecule has 0 saturated carbocycles. The molecule has 0 spiro atoms. The molecule has 0 aromatic carbocycles. The van der Waals surface area contributed by atoms with Crippen molar-refractivity contribution in [1.29, 1.82) is 0 Å². The van der Waals surface area contributed by atoms with Crippen molar-refractivity contribution in [3.63, 3.8) is 0 Å². The number of hydrogen-bond donors (Lipinski definition) is 1. The second kappa shape index (κ2) is 5.46. The van der Waals surface area contributed by atoms with Crippen LogP contribution in [0.2, 0.25) is 0 Å². The summed E-state index contributed by atoms with van der Waals surface area (Å²) in [6, 6.07) is 3.31. The minimum absolute atomic E-state index is 0.199. The molecule has 0 aliphatic heterocycles. The first kappa shape index (κ1) is 12.3. The predicted octanol–water partition coefficient (Wildman–Crippen LogP) is 0.484. The third-order valence-electron chi connectivity index (χ3n) is 2.28. The van der Waals surface area contributed by atoms with Gasteiger partial charge in [-0.3, -0.25) is 4.68 Å². The van der Waals surface area contributed by atoms with Crippen molar-refractivity contribution in [2.75, 3.05) is 7.11 Å². The van der Waals surface area contributed by atoms with Crippen LogP contribution in [0.4, 0.5) is 0 Å². The van der Waals surface area contributed by atoms with E-state index in [9.17, 15) is 4.79 Å². The molecule has 0 fully saturated rings. The van der Waals surface area contributed by atoms with Gasteiger partial charge in [0.25, 0.3) is 0 Å². The van der Waals surface area contributed by atoms with Gasteiger partial charge >= 0.3 is 5.97 Å². The lowest BCUT2D eigenvalue weighted by atomic mass is 10.4. The summed E-state index contributed by atoms with van der Waals surface area (Å²) in [6.45, 7) is 1.03. The summed E-state index contributed by atoms with van der Waals surface area (Å²) >= 11 is 0. The standard InChI is InChI=1S/C11H14N4O3/c1-15-7-13-10(14-15)6-12-5-8-3-4-9(18-8)11(16)17-2/h3-4,7,12H,5-6H2,1-2H3. The normalized spacial score (nSPS) is 10.6. The van der Waals surface area contributed by atoms with Gasteiger partial charge in [0.05, 0.1) is 20.2 Å². The Morgan fingerprint density at radius 1 is 1.50 bits per heavy atom. The molecule has 2 aromatic heterocycles. The molecule has 0 atom stereocenters. The number of ether oxygens (including phenoxy) is 1. The molecule has 0 saturated heterocycles. The van der Waals surface area contributed by atoms with Crippen molar-refractivity contribution in [2.24, 2.45) is 7.05 Å². The minimum atomic E-state index is -0.479. The number of methoxy groups -OCH3 is 1. The minimum Gasteiger partial charge on any atom is -0.463 e.